The third-order valence-electron chi connectivity index (χ3n) is 1.96. The molecule has 0 N–H and O–H groups in total. The zero-order chi connectivity index (χ0) is 7.97. The van der Waals surface area contributed by atoms with Gasteiger partial charge in [-0.2, -0.15) is 0 Å². The van der Waals surface area contributed by atoms with Crippen LogP contribution in [-0.2, 0) is 0 Å². The van der Waals surface area contributed by atoms with E-state index >= 15 is 0 Å². The lowest BCUT2D eigenvalue weighted by Gasteiger charge is -1.85. The van der Waals surface area contributed by atoms with Crippen molar-refractivity contribution in [3.63, 3.8) is 0 Å². The molecule has 1 aromatic heterocycles. The number of hydrogen-bond donors (Lipinski definition) is 0. The lowest BCUT2D eigenvalue weighted by atomic mass is 10.2. The van der Waals surface area contributed by atoms with E-state index in [2.05, 4.69) is 0 Å². The smallest absolute Gasteiger partial charge is 0.227 e. The van der Waals surface area contributed by atoms with Gasteiger partial charge in [-0.05, 0) is 23.2 Å². The summed E-state index contributed by atoms with van der Waals surface area (Å²) in [5.41, 5.74) is 0.986. The zero-order valence-corrected chi connectivity index (χ0v) is 6.23. The highest BCUT2D eigenvalue weighted by atomic mass is 17.3. The van der Waals surface area contributed by atoms with Crippen LogP contribution in [0.25, 0.3) is 10.9 Å². The average molecular weight is 160 g/mol. The molecule has 3 heteroatoms. The molecule has 0 unspecified atom stereocenters. The van der Waals surface area contributed by atoms with Crippen molar-refractivity contribution in [2.24, 2.45) is 0 Å². The number of pyridine rings is 1. The van der Waals surface area contributed by atoms with Gasteiger partial charge in [-0.15, -0.1) is 0 Å². The molecule has 0 saturated carbocycles. The minimum Gasteiger partial charge on any atom is -0.227 e. The molecule has 58 valence electrons. The molecule has 0 amide bonds. The SMILES string of the molecule is c1cc2c3c(c1)ccc[n+]3OO2. The predicted molar refractivity (Wildman–Crippen MR) is 41.4 cm³/mol. The molecule has 1 aliphatic rings. The fourth-order valence-corrected chi connectivity index (χ4v) is 1.42. The molecule has 1 aromatic carbocycles. The van der Waals surface area contributed by atoms with Crippen molar-refractivity contribution in [2.45, 2.75) is 0 Å². The Labute approximate surface area is 68.6 Å². The minimum absolute atomic E-state index is 0.771. The second-order valence-corrected chi connectivity index (χ2v) is 2.69. The summed E-state index contributed by atoms with van der Waals surface area (Å²) in [6.07, 6.45) is 1.82. The topological polar surface area (TPSA) is 22.3 Å². The molecule has 0 bridgehead atoms. The molecular weight excluding hydrogens is 154 g/mol. The van der Waals surface area contributed by atoms with Crippen LogP contribution in [0, 0.1) is 0 Å². The molecule has 1 aliphatic heterocycles. The van der Waals surface area contributed by atoms with Gasteiger partial charge in [0.25, 0.3) is 5.75 Å². The van der Waals surface area contributed by atoms with E-state index in [9.17, 15) is 0 Å². The monoisotopic (exact) mass is 160 g/mol. The summed E-state index contributed by atoms with van der Waals surface area (Å²) in [6.45, 7) is 0. The summed E-state index contributed by atoms with van der Waals surface area (Å²) in [4.78, 5) is 9.91. The summed E-state index contributed by atoms with van der Waals surface area (Å²) in [6, 6.07) is 9.78. The molecule has 0 saturated heterocycles. The summed E-state index contributed by atoms with van der Waals surface area (Å²) < 4.78 is 1.62. The maximum atomic E-state index is 4.98. The first kappa shape index (κ1) is 5.83. The standard InChI is InChI=1S/C9H6NO2/c1-3-7-4-2-6-10-9(7)8(5-1)11-12-10/h1-6H/q+1. The molecule has 3 rings (SSSR count). The Hall–Kier alpha value is -1.77. The van der Waals surface area contributed by atoms with Crippen LogP contribution in [-0.4, -0.2) is 0 Å². The summed E-state index contributed by atoms with van der Waals surface area (Å²) in [5.74, 6) is 0.771. The van der Waals surface area contributed by atoms with Crippen LogP contribution in [0.4, 0.5) is 0 Å². The highest BCUT2D eigenvalue weighted by molar-refractivity contribution is 5.81. The lowest BCUT2D eigenvalue weighted by Crippen LogP contribution is -2.39. The second kappa shape index (κ2) is 1.88. The molecule has 0 atom stereocenters. The summed E-state index contributed by atoms with van der Waals surface area (Å²) in [5, 5.41) is 1.12. The first-order valence-electron chi connectivity index (χ1n) is 3.73. The van der Waals surface area contributed by atoms with E-state index < -0.39 is 0 Å². The van der Waals surface area contributed by atoms with Crippen LogP contribution in [0.3, 0.4) is 0 Å². The fraction of sp³-hybridized carbons (Fsp3) is 0. The first-order chi connectivity index (χ1) is 5.95. The molecule has 12 heavy (non-hydrogen) atoms. The molecule has 3 nitrogen and oxygen atoms in total. The van der Waals surface area contributed by atoms with Crippen LogP contribution in [0.2, 0.25) is 0 Å². The van der Waals surface area contributed by atoms with E-state index in [-0.39, 0.29) is 0 Å². The van der Waals surface area contributed by atoms with Crippen LogP contribution in [0.5, 0.6) is 5.75 Å². The van der Waals surface area contributed by atoms with E-state index in [1.807, 2.05) is 36.5 Å². The van der Waals surface area contributed by atoms with Gasteiger partial charge in [0, 0.05) is 6.07 Å². The third kappa shape index (κ3) is 0.580. The molecular formula is C9H6NO2+. The Bertz CT molecular complexity index is 414. The Balaban J connectivity index is 2.58. The molecule has 2 aromatic rings. The average Bonchev–Trinajstić information content (AvgIpc) is 2.52. The van der Waals surface area contributed by atoms with Crippen molar-refractivity contribution in [2.75, 3.05) is 0 Å². The van der Waals surface area contributed by atoms with Crippen molar-refractivity contribution in [1.29, 1.82) is 0 Å². The van der Waals surface area contributed by atoms with Gasteiger partial charge in [-0.3, -0.25) is 0 Å². The Morgan fingerprint density at radius 2 is 2.00 bits per heavy atom. The van der Waals surface area contributed by atoms with E-state index in [1.54, 1.807) is 4.73 Å². The van der Waals surface area contributed by atoms with Crippen molar-refractivity contribution in [3.8, 4) is 5.75 Å². The van der Waals surface area contributed by atoms with E-state index in [1.165, 1.54) is 0 Å². The van der Waals surface area contributed by atoms with Gasteiger partial charge in [0.05, 0.1) is 10.1 Å². The van der Waals surface area contributed by atoms with Crippen molar-refractivity contribution >= 4 is 10.9 Å². The number of benzene rings is 1. The van der Waals surface area contributed by atoms with E-state index in [4.69, 9.17) is 9.88 Å². The maximum Gasteiger partial charge on any atom is 0.316 e. The van der Waals surface area contributed by atoms with Crippen molar-refractivity contribution < 1.29 is 14.6 Å². The predicted octanol–water partition coefficient (Wildman–Crippen LogP) is 0.863. The van der Waals surface area contributed by atoms with Gasteiger partial charge in [-0.25, -0.2) is 4.89 Å². The van der Waals surface area contributed by atoms with Gasteiger partial charge >= 0.3 is 5.52 Å². The van der Waals surface area contributed by atoms with Gasteiger partial charge in [0.15, 0.2) is 0 Å². The Morgan fingerprint density at radius 3 is 3.00 bits per heavy atom. The molecule has 0 spiro atoms. The second-order valence-electron chi connectivity index (χ2n) is 2.69. The molecule has 0 radical (unpaired) electrons. The maximum absolute atomic E-state index is 4.98. The van der Waals surface area contributed by atoms with Crippen LogP contribution in [0.15, 0.2) is 36.5 Å². The highest BCUT2D eigenvalue weighted by Gasteiger charge is 2.25. The molecule has 2 heterocycles. The Kier molecular flexibility index (Phi) is 0.913. The van der Waals surface area contributed by atoms with Crippen LogP contribution < -0.4 is 14.6 Å². The van der Waals surface area contributed by atoms with Gasteiger partial charge < -0.3 is 0 Å². The number of nitrogens with zero attached hydrogens (tertiary/aromatic N) is 1. The van der Waals surface area contributed by atoms with Gasteiger partial charge in [0.2, 0.25) is 6.20 Å². The van der Waals surface area contributed by atoms with E-state index in [0.717, 1.165) is 16.7 Å². The number of para-hydroxylation sites is 1. The normalized spacial score (nSPS) is 12.7. The largest absolute Gasteiger partial charge is 0.316 e. The fourth-order valence-electron chi connectivity index (χ4n) is 1.42. The van der Waals surface area contributed by atoms with E-state index in [0.29, 0.717) is 0 Å². The van der Waals surface area contributed by atoms with Crippen LogP contribution in [0.1, 0.15) is 0 Å². The van der Waals surface area contributed by atoms with Crippen molar-refractivity contribution in [1.82, 2.24) is 0 Å². The number of rotatable bonds is 0. The number of hydrogen-bond acceptors (Lipinski definition) is 2. The zero-order valence-electron chi connectivity index (χ0n) is 6.23. The first-order valence-corrected chi connectivity index (χ1v) is 3.73. The lowest BCUT2D eigenvalue weighted by molar-refractivity contribution is -0.916. The summed E-state index contributed by atoms with van der Waals surface area (Å²) >= 11 is 0. The summed E-state index contributed by atoms with van der Waals surface area (Å²) in [7, 11) is 0. The van der Waals surface area contributed by atoms with Crippen molar-refractivity contribution in [3.05, 3.63) is 36.5 Å². The quantitative estimate of drug-likeness (QED) is 0.421. The molecule has 0 aliphatic carbocycles. The highest BCUT2D eigenvalue weighted by Crippen LogP contribution is 2.23. The molecule has 0 fully saturated rings. The third-order valence-corrected chi connectivity index (χ3v) is 1.96. The van der Waals surface area contributed by atoms with Gasteiger partial charge in [-0.1, -0.05) is 6.07 Å². The Morgan fingerprint density at radius 1 is 1.08 bits per heavy atom. The minimum atomic E-state index is 0.771. The van der Waals surface area contributed by atoms with Crippen LogP contribution >= 0.6 is 0 Å². The number of aromatic nitrogens is 1. The van der Waals surface area contributed by atoms with Gasteiger partial charge in [0.1, 0.15) is 0 Å².